The van der Waals surface area contributed by atoms with E-state index in [0.29, 0.717) is 12.2 Å². The first-order valence-electron chi connectivity index (χ1n) is 7.46. The summed E-state index contributed by atoms with van der Waals surface area (Å²) in [6.07, 6.45) is 0. The van der Waals surface area contributed by atoms with Crippen molar-refractivity contribution in [1.29, 1.82) is 0 Å². The first-order chi connectivity index (χ1) is 11.3. The minimum absolute atomic E-state index is 0.153. The number of hydrogen-bond donors (Lipinski definition) is 1. The minimum Gasteiger partial charge on any atom is -0.355 e. The second-order valence-corrected chi connectivity index (χ2v) is 8.03. The number of amides is 1. The van der Waals surface area contributed by atoms with Crippen molar-refractivity contribution in [1.82, 2.24) is 5.32 Å². The van der Waals surface area contributed by atoms with Gasteiger partial charge in [-0.15, -0.1) is 0 Å². The molecule has 5 nitrogen and oxygen atoms in total. The average Bonchev–Trinajstić information content (AvgIpc) is 2.54. The van der Waals surface area contributed by atoms with Crippen LogP contribution in [0.1, 0.15) is 12.5 Å². The fraction of sp³-hybridized carbons (Fsp3) is 0.235. The normalized spacial score (nSPS) is 11.1. The summed E-state index contributed by atoms with van der Waals surface area (Å²) < 4.78 is 28.0. The highest BCUT2D eigenvalue weighted by molar-refractivity contribution is 9.10. The number of carbonyl (C=O) groups excluding carboxylic acids is 1. The largest absolute Gasteiger partial charge is 0.355 e. The van der Waals surface area contributed by atoms with Gasteiger partial charge in [0.25, 0.3) is 10.0 Å². The summed E-state index contributed by atoms with van der Waals surface area (Å²) in [6, 6.07) is 13.4. The number of carbonyl (C=O) groups is 1. The zero-order chi connectivity index (χ0) is 17.7. The van der Waals surface area contributed by atoms with Gasteiger partial charge in [0.15, 0.2) is 0 Å². The van der Waals surface area contributed by atoms with Gasteiger partial charge in [0, 0.05) is 11.0 Å². The zero-order valence-corrected chi connectivity index (χ0v) is 15.9. The van der Waals surface area contributed by atoms with Crippen molar-refractivity contribution in [3.05, 3.63) is 58.6 Å². The summed E-state index contributed by atoms with van der Waals surface area (Å²) in [5.41, 5.74) is 1.40. The summed E-state index contributed by atoms with van der Waals surface area (Å²) in [5, 5.41) is 2.64. The molecule has 0 spiro atoms. The van der Waals surface area contributed by atoms with Crippen LogP contribution < -0.4 is 9.62 Å². The number of sulfonamides is 1. The molecule has 1 amide bonds. The van der Waals surface area contributed by atoms with Gasteiger partial charge in [0.1, 0.15) is 6.54 Å². The lowest BCUT2D eigenvalue weighted by Crippen LogP contribution is -2.40. The Morgan fingerprint density at radius 1 is 1.08 bits per heavy atom. The smallest absolute Gasteiger partial charge is 0.264 e. The number of aryl methyl sites for hydroxylation is 1. The molecule has 0 saturated carbocycles. The summed E-state index contributed by atoms with van der Waals surface area (Å²) in [7, 11) is -3.84. The second kappa shape index (κ2) is 7.81. The summed E-state index contributed by atoms with van der Waals surface area (Å²) in [6.45, 7) is 3.84. The van der Waals surface area contributed by atoms with Gasteiger partial charge in [0.2, 0.25) is 5.91 Å². The van der Waals surface area contributed by atoms with E-state index in [2.05, 4.69) is 21.2 Å². The van der Waals surface area contributed by atoms with Gasteiger partial charge >= 0.3 is 0 Å². The molecule has 0 aromatic heterocycles. The van der Waals surface area contributed by atoms with E-state index < -0.39 is 10.0 Å². The van der Waals surface area contributed by atoms with Crippen LogP contribution in [0, 0.1) is 6.92 Å². The molecule has 0 fully saturated rings. The van der Waals surface area contributed by atoms with Crippen molar-refractivity contribution >= 4 is 37.5 Å². The van der Waals surface area contributed by atoms with E-state index in [-0.39, 0.29) is 17.3 Å². The third-order valence-electron chi connectivity index (χ3n) is 3.38. The molecule has 0 aliphatic carbocycles. The third kappa shape index (κ3) is 4.36. The van der Waals surface area contributed by atoms with E-state index in [1.165, 1.54) is 0 Å². The van der Waals surface area contributed by atoms with E-state index >= 15 is 0 Å². The molecule has 0 aliphatic heterocycles. The van der Waals surface area contributed by atoms with E-state index in [9.17, 15) is 13.2 Å². The second-order valence-electron chi connectivity index (χ2n) is 5.25. The Hall–Kier alpha value is -1.86. The van der Waals surface area contributed by atoms with E-state index in [1.807, 2.05) is 6.92 Å². The lowest BCUT2D eigenvalue weighted by Gasteiger charge is -2.24. The van der Waals surface area contributed by atoms with Crippen molar-refractivity contribution in [2.24, 2.45) is 0 Å². The molecule has 0 saturated heterocycles. The number of benzene rings is 2. The number of nitrogens with one attached hydrogen (secondary N) is 1. The molecule has 0 unspecified atom stereocenters. The number of anilines is 1. The Morgan fingerprint density at radius 3 is 2.21 bits per heavy atom. The monoisotopic (exact) mass is 410 g/mol. The molecule has 24 heavy (non-hydrogen) atoms. The van der Waals surface area contributed by atoms with Crippen molar-refractivity contribution in [2.75, 3.05) is 17.4 Å². The topological polar surface area (TPSA) is 66.5 Å². The maximum absolute atomic E-state index is 13.0. The molecular formula is C17H19BrN2O3S. The van der Waals surface area contributed by atoms with Gasteiger partial charge in [-0.25, -0.2) is 8.42 Å². The van der Waals surface area contributed by atoms with Crippen LogP contribution in [-0.2, 0) is 14.8 Å². The first kappa shape index (κ1) is 18.5. The number of hydrogen-bond acceptors (Lipinski definition) is 3. The van der Waals surface area contributed by atoms with Gasteiger partial charge in [0.05, 0.1) is 10.6 Å². The third-order valence-corrected chi connectivity index (χ3v) is 5.70. The predicted molar refractivity (Wildman–Crippen MR) is 98.5 cm³/mol. The number of nitrogens with zero attached hydrogens (tertiary/aromatic N) is 1. The van der Waals surface area contributed by atoms with E-state index in [1.54, 1.807) is 55.5 Å². The van der Waals surface area contributed by atoms with Crippen LogP contribution >= 0.6 is 15.9 Å². The van der Waals surface area contributed by atoms with Gasteiger partial charge in [-0.1, -0.05) is 33.6 Å². The predicted octanol–water partition coefficient (Wildman–Crippen LogP) is 3.09. The van der Waals surface area contributed by atoms with Crippen LogP contribution in [0.25, 0.3) is 0 Å². The molecular weight excluding hydrogens is 392 g/mol. The van der Waals surface area contributed by atoms with Crippen LogP contribution in [0.2, 0.25) is 0 Å². The number of likely N-dealkylation sites (N-methyl/N-ethyl adjacent to an activating group) is 1. The highest BCUT2D eigenvalue weighted by Crippen LogP contribution is 2.25. The van der Waals surface area contributed by atoms with Crippen molar-refractivity contribution < 1.29 is 13.2 Å². The Morgan fingerprint density at radius 2 is 1.67 bits per heavy atom. The Balaban J connectivity index is 2.45. The molecule has 0 heterocycles. The number of rotatable bonds is 6. The van der Waals surface area contributed by atoms with Crippen molar-refractivity contribution in [3.8, 4) is 0 Å². The van der Waals surface area contributed by atoms with Crippen LogP contribution in [0.5, 0.6) is 0 Å². The molecule has 1 N–H and O–H groups in total. The summed E-state index contributed by atoms with van der Waals surface area (Å²) in [4.78, 5) is 12.2. The van der Waals surface area contributed by atoms with Crippen LogP contribution in [0.15, 0.2) is 57.9 Å². The molecule has 128 valence electrons. The highest BCUT2D eigenvalue weighted by atomic mass is 79.9. The molecule has 7 heteroatoms. The molecule has 0 bridgehead atoms. The summed E-state index contributed by atoms with van der Waals surface area (Å²) >= 11 is 3.33. The Labute approximate surface area is 150 Å². The lowest BCUT2D eigenvalue weighted by molar-refractivity contribution is -0.119. The molecule has 2 rings (SSSR count). The van der Waals surface area contributed by atoms with Gasteiger partial charge in [-0.3, -0.25) is 9.10 Å². The quantitative estimate of drug-likeness (QED) is 0.795. The Bertz CT molecular complexity index is 803. The van der Waals surface area contributed by atoms with Gasteiger partial charge < -0.3 is 5.32 Å². The molecule has 0 aliphatic rings. The molecule has 0 radical (unpaired) electrons. The highest BCUT2D eigenvalue weighted by Gasteiger charge is 2.26. The van der Waals surface area contributed by atoms with Gasteiger partial charge in [-0.2, -0.15) is 0 Å². The van der Waals surface area contributed by atoms with E-state index in [4.69, 9.17) is 0 Å². The maximum Gasteiger partial charge on any atom is 0.264 e. The fourth-order valence-corrected chi connectivity index (χ4v) is 3.83. The maximum atomic E-state index is 13.0. The lowest BCUT2D eigenvalue weighted by atomic mass is 10.2. The van der Waals surface area contributed by atoms with E-state index in [0.717, 1.165) is 14.3 Å². The Kier molecular flexibility index (Phi) is 6.01. The standard InChI is InChI=1S/C17H19BrN2O3S/c1-3-19-17(21)12-20(15-8-6-14(18)7-9-15)24(22,23)16-10-4-13(2)5-11-16/h4-11H,3,12H2,1-2H3,(H,19,21). The van der Waals surface area contributed by atoms with Gasteiger partial charge in [-0.05, 0) is 50.2 Å². The average molecular weight is 411 g/mol. The van der Waals surface area contributed by atoms with Crippen LogP contribution in [-0.4, -0.2) is 27.4 Å². The van der Waals surface area contributed by atoms with Crippen LogP contribution in [0.3, 0.4) is 0 Å². The SMILES string of the molecule is CCNC(=O)CN(c1ccc(Br)cc1)S(=O)(=O)c1ccc(C)cc1. The minimum atomic E-state index is -3.84. The molecule has 2 aromatic rings. The first-order valence-corrected chi connectivity index (χ1v) is 9.69. The summed E-state index contributed by atoms with van der Waals surface area (Å²) in [5.74, 6) is -0.351. The molecule has 2 aromatic carbocycles. The molecule has 0 atom stereocenters. The zero-order valence-electron chi connectivity index (χ0n) is 13.5. The van der Waals surface area contributed by atoms with Crippen LogP contribution in [0.4, 0.5) is 5.69 Å². The van der Waals surface area contributed by atoms with Crippen molar-refractivity contribution in [3.63, 3.8) is 0 Å². The number of halogens is 1. The van der Waals surface area contributed by atoms with Crippen molar-refractivity contribution in [2.45, 2.75) is 18.7 Å². The fourth-order valence-electron chi connectivity index (χ4n) is 2.14.